The maximum atomic E-state index is 2.51. The van der Waals surface area contributed by atoms with E-state index in [-0.39, 0.29) is 0 Å². The molecular formula is C10H11ISSe. The van der Waals surface area contributed by atoms with Gasteiger partial charge in [-0.2, -0.15) is 0 Å². The maximum absolute atomic E-state index is 2.51. The summed E-state index contributed by atoms with van der Waals surface area (Å²) >= 11 is 5.02. The summed E-state index contributed by atoms with van der Waals surface area (Å²) in [5, 5.41) is 3.72. The Bertz CT molecular complexity index is 433. The van der Waals surface area contributed by atoms with Crippen molar-refractivity contribution in [3.63, 3.8) is 0 Å². The fourth-order valence-corrected chi connectivity index (χ4v) is 7.50. The van der Waals surface area contributed by atoms with Gasteiger partial charge < -0.3 is 0 Å². The molecule has 2 aromatic heterocycles. The molecule has 0 amide bonds. The number of hydrogen-bond acceptors (Lipinski definition) is 1. The third kappa shape index (κ3) is 1.76. The summed E-state index contributed by atoms with van der Waals surface area (Å²) in [5.74, 6) is 0. The monoisotopic (exact) mass is 370 g/mol. The van der Waals surface area contributed by atoms with Crippen molar-refractivity contribution in [1.82, 2.24) is 0 Å². The molecular weight excluding hydrogens is 358 g/mol. The van der Waals surface area contributed by atoms with Crippen LogP contribution in [0.1, 0.15) is 25.2 Å². The molecule has 0 unspecified atom stereocenters. The molecule has 0 N–H and O–H groups in total. The fourth-order valence-electron chi connectivity index (χ4n) is 1.28. The van der Waals surface area contributed by atoms with Crippen LogP contribution in [-0.2, 0) is 5.41 Å². The molecule has 0 bridgehead atoms. The van der Waals surface area contributed by atoms with E-state index >= 15 is 0 Å². The molecule has 2 rings (SSSR count). The van der Waals surface area contributed by atoms with Gasteiger partial charge in [-0.3, -0.25) is 0 Å². The van der Waals surface area contributed by atoms with E-state index in [9.17, 15) is 0 Å². The Morgan fingerprint density at radius 1 is 1.38 bits per heavy atom. The van der Waals surface area contributed by atoms with Crippen molar-refractivity contribution in [2.45, 2.75) is 26.2 Å². The van der Waals surface area contributed by atoms with Crippen molar-refractivity contribution in [2.24, 2.45) is 0 Å². The molecule has 0 aliphatic rings. The Labute approximate surface area is 102 Å². The Kier molecular flexibility index (Phi) is 2.65. The SMILES string of the molecule is CC(C)(C)c1[se]c2sccc2c1I. The first-order valence-electron chi connectivity index (χ1n) is 4.16. The van der Waals surface area contributed by atoms with E-state index in [1.807, 2.05) is 11.3 Å². The van der Waals surface area contributed by atoms with Crippen LogP contribution >= 0.6 is 33.9 Å². The summed E-state index contributed by atoms with van der Waals surface area (Å²) in [5.41, 5.74) is 0.356. The first kappa shape index (κ1) is 10.2. The Morgan fingerprint density at radius 3 is 2.62 bits per heavy atom. The van der Waals surface area contributed by atoms with Crippen molar-refractivity contribution in [3.05, 3.63) is 19.5 Å². The van der Waals surface area contributed by atoms with E-state index in [0.29, 0.717) is 19.9 Å². The molecule has 2 aromatic rings. The average Bonchev–Trinajstić information content (AvgIpc) is 2.51. The van der Waals surface area contributed by atoms with Crippen LogP contribution in [0.3, 0.4) is 0 Å². The summed E-state index contributed by atoms with van der Waals surface area (Å²) in [6.45, 7) is 6.96. The number of hydrogen-bond donors (Lipinski definition) is 0. The normalized spacial score (nSPS) is 12.6. The first-order valence-corrected chi connectivity index (χ1v) is 7.83. The second kappa shape index (κ2) is 3.37. The van der Waals surface area contributed by atoms with Gasteiger partial charge in [-0.1, -0.05) is 0 Å². The van der Waals surface area contributed by atoms with E-state index in [2.05, 4.69) is 54.8 Å². The van der Waals surface area contributed by atoms with E-state index in [0.717, 1.165) is 0 Å². The standard InChI is InChI=1S/C10H11ISSe/c1-10(2,3)8-7(11)6-4-5-12-9(6)13-8/h4-5H,1-3H3. The summed E-state index contributed by atoms with van der Waals surface area (Å²) in [7, 11) is 0. The molecule has 13 heavy (non-hydrogen) atoms. The molecule has 0 radical (unpaired) electrons. The van der Waals surface area contributed by atoms with Crippen LogP contribution < -0.4 is 0 Å². The van der Waals surface area contributed by atoms with Gasteiger partial charge in [-0.05, 0) is 0 Å². The second-order valence-electron chi connectivity index (χ2n) is 4.12. The van der Waals surface area contributed by atoms with Crippen molar-refractivity contribution >= 4 is 57.4 Å². The van der Waals surface area contributed by atoms with Gasteiger partial charge in [0, 0.05) is 0 Å². The van der Waals surface area contributed by atoms with E-state index in [1.165, 1.54) is 8.96 Å². The molecule has 3 heteroatoms. The number of thiophene rings is 1. The molecule has 0 fully saturated rings. The molecule has 0 spiro atoms. The van der Waals surface area contributed by atoms with Gasteiger partial charge in [0.25, 0.3) is 0 Å². The van der Waals surface area contributed by atoms with Crippen molar-refractivity contribution in [2.75, 3.05) is 0 Å². The minimum absolute atomic E-state index is 0.356. The topological polar surface area (TPSA) is 0 Å². The molecule has 0 aromatic carbocycles. The summed E-state index contributed by atoms with van der Waals surface area (Å²) < 4.78 is 4.80. The Morgan fingerprint density at radius 2 is 2.08 bits per heavy atom. The van der Waals surface area contributed by atoms with Crippen LogP contribution in [0.2, 0.25) is 0 Å². The Balaban J connectivity index is 2.71. The number of halogens is 1. The van der Waals surface area contributed by atoms with E-state index in [1.54, 1.807) is 8.01 Å². The summed E-state index contributed by atoms with van der Waals surface area (Å²) in [6, 6.07) is 2.27. The third-order valence-corrected chi connectivity index (χ3v) is 8.62. The van der Waals surface area contributed by atoms with Gasteiger partial charge in [0.05, 0.1) is 0 Å². The average molecular weight is 369 g/mol. The van der Waals surface area contributed by atoms with Crippen molar-refractivity contribution < 1.29 is 0 Å². The summed E-state index contributed by atoms with van der Waals surface area (Å²) in [6.07, 6.45) is 0. The van der Waals surface area contributed by atoms with Crippen LogP contribution in [0.5, 0.6) is 0 Å². The molecule has 0 aliphatic carbocycles. The van der Waals surface area contributed by atoms with Gasteiger partial charge >= 0.3 is 103 Å². The van der Waals surface area contributed by atoms with Gasteiger partial charge in [0.2, 0.25) is 0 Å². The molecule has 0 nitrogen and oxygen atoms in total. The number of fused-ring (bicyclic) bond motifs is 1. The van der Waals surface area contributed by atoms with Gasteiger partial charge in [-0.15, -0.1) is 0 Å². The molecule has 0 saturated heterocycles. The zero-order valence-corrected chi connectivity index (χ0v) is 12.5. The first-order chi connectivity index (χ1) is 6.00. The molecule has 2 heterocycles. The fraction of sp³-hybridized carbons (Fsp3) is 0.400. The van der Waals surface area contributed by atoms with Crippen LogP contribution in [0.15, 0.2) is 11.4 Å². The van der Waals surface area contributed by atoms with Crippen molar-refractivity contribution in [3.8, 4) is 0 Å². The summed E-state index contributed by atoms with van der Waals surface area (Å²) in [4.78, 5) is 0. The van der Waals surface area contributed by atoms with Crippen molar-refractivity contribution in [1.29, 1.82) is 0 Å². The van der Waals surface area contributed by atoms with Gasteiger partial charge in [0.1, 0.15) is 0 Å². The molecule has 0 atom stereocenters. The predicted molar refractivity (Wildman–Crippen MR) is 70.2 cm³/mol. The molecule has 70 valence electrons. The number of rotatable bonds is 0. The quantitative estimate of drug-likeness (QED) is 0.489. The van der Waals surface area contributed by atoms with Gasteiger partial charge in [0.15, 0.2) is 0 Å². The van der Waals surface area contributed by atoms with E-state index < -0.39 is 0 Å². The zero-order valence-electron chi connectivity index (χ0n) is 7.85. The molecule has 0 aliphatic heterocycles. The van der Waals surface area contributed by atoms with Crippen LogP contribution in [0.4, 0.5) is 0 Å². The minimum atomic E-state index is 0.356. The third-order valence-electron chi connectivity index (χ3n) is 1.94. The van der Waals surface area contributed by atoms with Gasteiger partial charge in [-0.25, -0.2) is 0 Å². The van der Waals surface area contributed by atoms with Crippen LogP contribution in [0.25, 0.3) is 8.96 Å². The van der Waals surface area contributed by atoms with Crippen LogP contribution in [-0.4, -0.2) is 14.5 Å². The predicted octanol–water partition coefficient (Wildman–Crippen LogP) is 3.86. The Hall–Kier alpha value is 0.689. The molecule has 0 saturated carbocycles. The van der Waals surface area contributed by atoms with Crippen LogP contribution in [0, 0.1) is 3.57 Å². The zero-order chi connectivity index (χ0) is 9.64. The van der Waals surface area contributed by atoms with E-state index in [4.69, 9.17) is 0 Å². The second-order valence-corrected chi connectivity index (χ2v) is 8.84.